The summed E-state index contributed by atoms with van der Waals surface area (Å²) in [7, 11) is 0. The SMILES string of the molecule is C=CC(=O)N1CCN(c2ccc(NC(=O)c3sccc3OCC)nc2)CC1. The normalized spacial score (nSPS) is 14.0. The highest BCUT2D eigenvalue weighted by Gasteiger charge is 2.20. The maximum Gasteiger partial charge on any atom is 0.270 e. The molecule has 2 aromatic heterocycles. The smallest absolute Gasteiger partial charge is 0.270 e. The number of amides is 2. The molecule has 1 aliphatic heterocycles. The van der Waals surface area contributed by atoms with E-state index in [0.717, 1.165) is 18.8 Å². The van der Waals surface area contributed by atoms with Crippen molar-refractivity contribution in [2.45, 2.75) is 6.92 Å². The Morgan fingerprint density at radius 1 is 1.30 bits per heavy atom. The molecule has 0 aromatic carbocycles. The van der Waals surface area contributed by atoms with Crippen LogP contribution in [0.2, 0.25) is 0 Å². The third-order valence-corrected chi connectivity index (χ3v) is 5.15. The van der Waals surface area contributed by atoms with Gasteiger partial charge in [0.15, 0.2) is 0 Å². The Morgan fingerprint density at radius 2 is 2.07 bits per heavy atom. The first kappa shape index (κ1) is 18.9. The van der Waals surface area contributed by atoms with Gasteiger partial charge in [0.05, 0.1) is 18.5 Å². The Labute approximate surface area is 162 Å². The first-order valence-electron chi connectivity index (χ1n) is 8.76. The number of carbonyl (C=O) groups excluding carboxylic acids is 2. The number of hydrogen-bond acceptors (Lipinski definition) is 6. The van der Waals surface area contributed by atoms with Crippen LogP contribution in [-0.2, 0) is 4.79 Å². The number of hydrogen-bond donors (Lipinski definition) is 1. The molecule has 142 valence electrons. The highest BCUT2D eigenvalue weighted by Crippen LogP contribution is 2.26. The number of anilines is 2. The minimum absolute atomic E-state index is 0.0363. The van der Waals surface area contributed by atoms with Crippen molar-refractivity contribution in [2.75, 3.05) is 43.0 Å². The van der Waals surface area contributed by atoms with Crippen molar-refractivity contribution in [3.05, 3.63) is 47.3 Å². The maximum atomic E-state index is 12.4. The molecule has 0 spiro atoms. The zero-order valence-electron chi connectivity index (χ0n) is 15.2. The van der Waals surface area contributed by atoms with E-state index in [4.69, 9.17) is 4.74 Å². The van der Waals surface area contributed by atoms with Gasteiger partial charge in [-0.3, -0.25) is 9.59 Å². The van der Waals surface area contributed by atoms with E-state index in [0.29, 0.717) is 36.1 Å². The molecule has 27 heavy (non-hydrogen) atoms. The number of nitrogens with zero attached hydrogens (tertiary/aromatic N) is 3. The lowest BCUT2D eigenvalue weighted by Gasteiger charge is -2.35. The van der Waals surface area contributed by atoms with Crippen LogP contribution in [0.3, 0.4) is 0 Å². The van der Waals surface area contributed by atoms with Gasteiger partial charge in [-0.05, 0) is 36.6 Å². The van der Waals surface area contributed by atoms with Gasteiger partial charge in [0.1, 0.15) is 16.4 Å². The van der Waals surface area contributed by atoms with Gasteiger partial charge in [-0.15, -0.1) is 11.3 Å². The van der Waals surface area contributed by atoms with E-state index in [1.54, 1.807) is 23.2 Å². The number of rotatable bonds is 6. The molecule has 1 saturated heterocycles. The van der Waals surface area contributed by atoms with Crippen LogP contribution in [0.1, 0.15) is 16.6 Å². The maximum absolute atomic E-state index is 12.4. The summed E-state index contributed by atoms with van der Waals surface area (Å²) < 4.78 is 5.46. The van der Waals surface area contributed by atoms with Gasteiger partial charge in [-0.2, -0.15) is 0 Å². The van der Waals surface area contributed by atoms with Crippen LogP contribution in [0, 0.1) is 0 Å². The van der Waals surface area contributed by atoms with Crippen LogP contribution in [-0.4, -0.2) is 54.5 Å². The molecule has 0 atom stereocenters. The molecule has 2 amide bonds. The van der Waals surface area contributed by atoms with Crippen molar-refractivity contribution >= 4 is 34.7 Å². The van der Waals surface area contributed by atoms with Gasteiger partial charge in [0.2, 0.25) is 5.91 Å². The Hall–Kier alpha value is -2.87. The number of nitrogens with one attached hydrogen (secondary N) is 1. The van der Waals surface area contributed by atoms with Crippen molar-refractivity contribution < 1.29 is 14.3 Å². The fraction of sp³-hybridized carbons (Fsp3) is 0.316. The van der Waals surface area contributed by atoms with Gasteiger partial charge in [0, 0.05) is 26.2 Å². The second-order valence-electron chi connectivity index (χ2n) is 5.92. The molecule has 1 fully saturated rings. The summed E-state index contributed by atoms with van der Waals surface area (Å²) in [6.07, 6.45) is 3.08. The number of carbonyl (C=O) groups is 2. The molecular weight excluding hydrogens is 364 g/mol. The Kier molecular flexibility index (Phi) is 6.08. The number of thiophene rings is 1. The molecule has 0 aliphatic carbocycles. The number of pyridine rings is 1. The second kappa shape index (κ2) is 8.68. The van der Waals surface area contributed by atoms with Crippen LogP contribution in [0.4, 0.5) is 11.5 Å². The van der Waals surface area contributed by atoms with E-state index in [2.05, 4.69) is 21.8 Å². The molecule has 0 radical (unpaired) electrons. The van der Waals surface area contributed by atoms with Crippen LogP contribution in [0.5, 0.6) is 5.75 Å². The molecule has 1 aliphatic rings. The van der Waals surface area contributed by atoms with Gasteiger partial charge >= 0.3 is 0 Å². The summed E-state index contributed by atoms with van der Waals surface area (Å²) in [5.74, 6) is 0.805. The highest BCUT2D eigenvalue weighted by atomic mass is 32.1. The first-order valence-corrected chi connectivity index (χ1v) is 9.64. The molecular formula is C19H22N4O3S. The summed E-state index contributed by atoms with van der Waals surface area (Å²) >= 11 is 1.33. The van der Waals surface area contributed by atoms with Crippen LogP contribution in [0.25, 0.3) is 0 Å². The topological polar surface area (TPSA) is 74.8 Å². The number of piperazine rings is 1. The van der Waals surface area contributed by atoms with E-state index in [9.17, 15) is 9.59 Å². The predicted molar refractivity (Wildman–Crippen MR) is 107 cm³/mol. The summed E-state index contributed by atoms with van der Waals surface area (Å²) in [5.41, 5.74) is 0.963. The quantitative estimate of drug-likeness (QED) is 0.773. The zero-order valence-corrected chi connectivity index (χ0v) is 16.0. The van der Waals surface area contributed by atoms with Gasteiger partial charge in [0.25, 0.3) is 5.91 Å². The first-order chi connectivity index (χ1) is 13.1. The third kappa shape index (κ3) is 4.46. The zero-order chi connectivity index (χ0) is 19.2. The van der Waals surface area contributed by atoms with Crippen molar-refractivity contribution in [1.82, 2.24) is 9.88 Å². The van der Waals surface area contributed by atoms with Crippen molar-refractivity contribution in [1.29, 1.82) is 0 Å². The van der Waals surface area contributed by atoms with E-state index < -0.39 is 0 Å². The fourth-order valence-electron chi connectivity index (χ4n) is 2.87. The van der Waals surface area contributed by atoms with E-state index in [1.807, 2.05) is 18.4 Å². The average molecular weight is 386 g/mol. The molecule has 8 heteroatoms. The molecule has 0 saturated carbocycles. The van der Waals surface area contributed by atoms with Gasteiger partial charge < -0.3 is 19.9 Å². The Bertz CT molecular complexity index is 811. The van der Waals surface area contributed by atoms with Crippen molar-refractivity contribution in [2.24, 2.45) is 0 Å². The lowest BCUT2D eigenvalue weighted by atomic mass is 10.2. The molecule has 2 aromatic rings. The van der Waals surface area contributed by atoms with Crippen molar-refractivity contribution in [3.63, 3.8) is 0 Å². The standard InChI is InChI=1S/C19H22N4O3S/c1-3-17(24)23-10-8-22(9-11-23)14-5-6-16(20-13-14)21-19(25)18-15(26-4-2)7-12-27-18/h3,5-7,12-13H,1,4,8-11H2,2H3,(H,20,21,25). The van der Waals surface area contributed by atoms with E-state index >= 15 is 0 Å². The number of ether oxygens (including phenoxy) is 1. The van der Waals surface area contributed by atoms with Crippen LogP contribution >= 0.6 is 11.3 Å². The summed E-state index contributed by atoms with van der Waals surface area (Å²) in [5, 5.41) is 4.63. The van der Waals surface area contributed by atoms with E-state index in [1.165, 1.54) is 17.4 Å². The van der Waals surface area contributed by atoms with E-state index in [-0.39, 0.29) is 11.8 Å². The monoisotopic (exact) mass is 386 g/mol. The summed E-state index contributed by atoms with van der Waals surface area (Å²) in [6.45, 7) is 8.70. The average Bonchev–Trinajstić information content (AvgIpc) is 3.17. The van der Waals surface area contributed by atoms with Crippen LogP contribution in [0.15, 0.2) is 42.4 Å². The summed E-state index contributed by atoms with van der Waals surface area (Å²) in [4.78, 5) is 32.9. The third-order valence-electron chi connectivity index (χ3n) is 4.26. The Balaban J connectivity index is 1.59. The Morgan fingerprint density at radius 3 is 2.70 bits per heavy atom. The minimum atomic E-state index is -0.231. The van der Waals surface area contributed by atoms with Gasteiger partial charge in [-0.25, -0.2) is 4.98 Å². The molecule has 3 rings (SSSR count). The minimum Gasteiger partial charge on any atom is -0.492 e. The summed E-state index contributed by atoms with van der Waals surface area (Å²) in [6, 6.07) is 5.49. The fourth-order valence-corrected chi connectivity index (χ4v) is 3.60. The number of aromatic nitrogens is 1. The molecule has 0 unspecified atom stereocenters. The highest BCUT2D eigenvalue weighted by molar-refractivity contribution is 7.12. The van der Waals surface area contributed by atoms with Gasteiger partial charge in [-0.1, -0.05) is 6.58 Å². The largest absolute Gasteiger partial charge is 0.492 e. The molecule has 1 N–H and O–H groups in total. The predicted octanol–water partition coefficient (Wildman–Crippen LogP) is 2.63. The van der Waals surface area contributed by atoms with Crippen molar-refractivity contribution in [3.8, 4) is 5.75 Å². The lowest BCUT2D eigenvalue weighted by Crippen LogP contribution is -2.48. The lowest BCUT2D eigenvalue weighted by molar-refractivity contribution is -0.126. The second-order valence-corrected chi connectivity index (χ2v) is 6.84. The van der Waals surface area contributed by atoms with Crippen LogP contribution < -0.4 is 15.0 Å². The molecule has 7 nitrogen and oxygen atoms in total. The molecule has 0 bridgehead atoms. The molecule has 3 heterocycles.